The third-order valence-corrected chi connectivity index (χ3v) is 21.6. The largest absolute Gasteiger partial charge is 0.481 e. The van der Waals surface area contributed by atoms with Gasteiger partial charge in [0, 0.05) is 81.3 Å². The SMILES string of the molecule is CCCCC[C@@H](/C=C/[C@@H]1[C@H]2CC(O)O[C@H]2C[C@H]1C)OC1CCCCO1.CCCCC[C@@H](/C=C/[C@H]1[C@H](C)CC(=O)[C@@H]1C/C=C\CCCC(=O)O)OC1CCCCO1.CCCCC[C@H](O)/C=C/[C@@H]1[C@H]2CC(=O)O[C@H]2C[C@H]1O.CCCCC[C@H](O)/C=C/[C@H]1[C@H](O)CC(=O)[C@@H]1C/C=C\CCCC(=O)O. The number of carbonyl (C=O) groups excluding carboxylic acids is 3. The van der Waals surface area contributed by atoms with Crippen LogP contribution >= 0.6 is 0 Å². The summed E-state index contributed by atoms with van der Waals surface area (Å²) in [5, 5.41) is 67.0. The average molecular weight is 1410 g/mol. The zero-order chi connectivity index (χ0) is 72.6. The van der Waals surface area contributed by atoms with Crippen molar-refractivity contribution >= 4 is 29.5 Å². The molecule has 7 N–H and O–H groups in total. The van der Waals surface area contributed by atoms with Gasteiger partial charge in [-0.25, -0.2) is 0 Å². The Morgan fingerprint density at radius 3 is 1.48 bits per heavy atom. The summed E-state index contributed by atoms with van der Waals surface area (Å²) in [7, 11) is 0. The number of aliphatic hydroxyl groups is 5. The van der Waals surface area contributed by atoms with Crippen LogP contribution in [0.2, 0.25) is 0 Å². The molecule has 4 saturated heterocycles. The van der Waals surface area contributed by atoms with E-state index in [2.05, 4.69) is 71.9 Å². The number of allylic oxidation sites excluding steroid dienone is 6. The number of carbonyl (C=O) groups is 5. The molecule has 4 heterocycles. The monoisotopic (exact) mass is 1410 g/mol. The molecule has 3 unspecified atom stereocenters. The molecule has 0 radical (unpaired) electrons. The van der Waals surface area contributed by atoms with Crippen molar-refractivity contribution in [3.05, 3.63) is 72.9 Å². The quantitative estimate of drug-likeness (QED) is 0.0170. The molecule has 21 atom stereocenters. The minimum atomic E-state index is -0.801. The molecule has 18 nitrogen and oxygen atoms in total. The second-order valence-electron chi connectivity index (χ2n) is 29.9. The molecule has 570 valence electrons. The molecule has 100 heavy (non-hydrogen) atoms. The highest BCUT2D eigenvalue weighted by atomic mass is 16.7. The highest BCUT2D eigenvalue weighted by Gasteiger charge is 2.49. The molecule has 8 rings (SSSR count). The van der Waals surface area contributed by atoms with Crippen LogP contribution in [0.4, 0.5) is 0 Å². The Bertz CT molecular complexity index is 2480. The second kappa shape index (κ2) is 49.5. The van der Waals surface area contributed by atoms with Crippen LogP contribution in [0.25, 0.3) is 0 Å². The highest BCUT2D eigenvalue weighted by molar-refractivity contribution is 5.85. The molecular weight excluding hydrogens is 1270 g/mol. The lowest BCUT2D eigenvalue weighted by atomic mass is 9.87. The molecule has 0 aromatic rings. The van der Waals surface area contributed by atoms with Gasteiger partial charge >= 0.3 is 17.9 Å². The van der Waals surface area contributed by atoms with Crippen LogP contribution in [0.5, 0.6) is 0 Å². The van der Waals surface area contributed by atoms with Gasteiger partial charge < -0.3 is 64.2 Å². The molecule has 4 saturated carbocycles. The van der Waals surface area contributed by atoms with E-state index in [0.29, 0.717) is 80.8 Å². The molecule has 4 aliphatic carbocycles. The van der Waals surface area contributed by atoms with E-state index in [0.717, 1.165) is 135 Å². The molecule has 0 spiro atoms. The third-order valence-electron chi connectivity index (χ3n) is 21.6. The predicted molar refractivity (Wildman–Crippen MR) is 389 cm³/mol. The van der Waals surface area contributed by atoms with Crippen molar-refractivity contribution in [2.24, 2.45) is 59.2 Å². The van der Waals surface area contributed by atoms with E-state index in [1.807, 2.05) is 24.3 Å². The first kappa shape index (κ1) is 86.4. The van der Waals surface area contributed by atoms with Gasteiger partial charge in [-0.15, -0.1) is 0 Å². The molecule has 4 aliphatic heterocycles. The van der Waals surface area contributed by atoms with Gasteiger partial charge in [0.25, 0.3) is 0 Å². The first-order valence-electron chi connectivity index (χ1n) is 39.6. The fraction of sp³-hybridized carbons (Fsp3) is 0.793. The number of aliphatic hydroxyl groups excluding tert-OH is 5. The molecule has 0 aromatic heterocycles. The van der Waals surface area contributed by atoms with Gasteiger partial charge in [0.1, 0.15) is 17.7 Å². The van der Waals surface area contributed by atoms with Gasteiger partial charge in [-0.3, -0.25) is 24.0 Å². The van der Waals surface area contributed by atoms with Crippen LogP contribution in [-0.4, -0.2) is 146 Å². The summed E-state index contributed by atoms with van der Waals surface area (Å²) in [6.45, 7) is 14.8. The second-order valence-corrected chi connectivity index (χ2v) is 29.9. The Balaban J connectivity index is 0.000000243. The highest BCUT2D eigenvalue weighted by Crippen LogP contribution is 2.47. The summed E-state index contributed by atoms with van der Waals surface area (Å²) >= 11 is 0. The van der Waals surface area contributed by atoms with Gasteiger partial charge in [-0.2, -0.15) is 0 Å². The number of rotatable bonds is 40. The lowest BCUT2D eigenvalue weighted by Gasteiger charge is -2.27. The van der Waals surface area contributed by atoms with E-state index < -0.39 is 42.6 Å². The Kier molecular flexibility index (Phi) is 42.8. The number of carboxylic acids is 2. The summed E-state index contributed by atoms with van der Waals surface area (Å²) in [6, 6.07) is 0. The summed E-state index contributed by atoms with van der Waals surface area (Å²) < 4.78 is 35.0. The van der Waals surface area contributed by atoms with Gasteiger partial charge in [0.05, 0.1) is 49.1 Å². The number of Topliss-reactive ketones (excluding diaryl/α,β-unsaturated/α-hetero) is 2. The van der Waals surface area contributed by atoms with Crippen LogP contribution in [0, 0.1) is 59.2 Å². The predicted octanol–water partition coefficient (Wildman–Crippen LogP) is 15.5. The fourth-order valence-electron chi connectivity index (χ4n) is 15.7. The molecule has 18 heteroatoms. The van der Waals surface area contributed by atoms with Crippen LogP contribution < -0.4 is 0 Å². The van der Waals surface area contributed by atoms with Crippen LogP contribution in [0.15, 0.2) is 72.9 Å². The third kappa shape index (κ3) is 32.4. The molecule has 0 bridgehead atoms. The lowest BCUT2D eigenvalue weighted by Crippen LogP contribution is -2.27. The Labute approximate surface area is 600 Å². The van der Waals surface area contributed by atoms with E-state index in [-0.39, 0.29) is 104 Å². The maximum atomic E-state index is 12.6. The number of ketones is 2. The van der Waals surface area contributed by atoms with Gasteiger partial charge in [-0.1, -0.05) is 192 Å². The maximum Gasteiger partial charge on any atom is 0.306 e. The van der Waals surface area contributed by atoms with Gasteiger partial charge in [0.2, 0.25) is 0 Å². The standard InChI is InChI=1S/C26H42O5.C21H36O4.C20H32O5.C15H24O4/c1-3-4-7-12-21(31-26-15-10-11-18-30-26)16-17-22-20(2)19-24(27)23(22)13-8-5-6-9-14-25(28)29;1-3-4-5-8-16(24-21-9-6-7-12-23-21)10-11-17-15(2)13-19-18(17)14-20(22)25-19;1-2-3-6-9-15(21)12-13-17-16(18(22)14-19(17)23)10-7-4-5-8-11-20(24)25;1-2-3-4-5-10(16)6-7-11-12-8-15(18)19-14(12)9-13(11)17/h5,8,16-17,20-23,26H,3-4,6-7,9-15,18-19H2,1-2H3,(H,28,29);10-11,15-22H,3-9,12-14H2,1-2H3;4,7,12-13,15-17,19,21,23H,2-3,5-6,8-11,14H2,1H3,(H,24,25);6-7,10-14,16-17H,2-5,8-9H2,1H3/b8-5-,17-16+;11-10+;7-4-,13-12+;7-6+/t20-,21+,22+,23-,26?;15-,16+,17+,18-,19+,20?,21?;15-,16+,17+,19+;10-,11+,12+,13+,14-/m1100/s1. The van der Waals surface area contributed by atoms with Crippen LogP contribution in [-0.2, 0) is 52.4 Å². The van der Waals surface area contributed by atoms with Crippen LogP contribution in [0.1, 0.15) is 273 Å². The molecule has 0 aromatic carbocycles. The Morgan fingerprint density at radius 1 is 0.500 bits per heavy atom. The van der Waals surface area contributed by atoms with Crippen molar-refractivity contribution in [1.82, 2.24) is 0 Å². The summed E-state index contributed by atoms with van der Waals surface area (Å²) in [6.07, 6.45) is 53.2. The average Bonchev–Trinajstić information content (AvgIpc) is 1.66. The van der Waals surface area contributed by atoms with E-state index in [1.54, 1.807) is 18.2 Å². The summed E-state index contributed by atoms with van der Waals surface area (Å²) in [5.74, 6) is 0.356. The molecule has 8 fully saturated rings. The van der Waals surface area contributed by atoms with Crippen molar-refractivity contribution < 1.29 is 88.1 Å². The number of carboxylic acid groups (broad SMARTS) is 2. The number of ether oxygens (including phenoxy) is 6. The number of hydrogen-bond acceptors (Lipinski definition) is 16. The van der Waals surface area contributed by atoms with E-state index in [4.69, 9.17) is 38.6 Å². The van der Waals surface area contributed by atoms with Crippen molar-refractivity contribution in [3.63, 3.8) is 0 Å². The normalized spacial score (nSPS) is 31.7. The van der Waals surface area contributed by atoms with Crippen LogP contribution in [0.3, 0.4) is 0 Å². The smallest absolute Gasteiger partial charge is 0.306 e. The van der Waals surface area contributed by atoms with Crippen molar-refractivity contribution in [2.75, 3.05) is 13.2 Å². The molecular formula is C82H134O18. The molecule has 0 amide bonds. The number of unbranched alkanes of at least 4 members (excludes halogenated alkanes) is 10. The van der Waals surface area contributed by atoms with E-state index >= 15 is 0 Å². The first-order chi connectivity index (χ1) is 48.2. The minimum absolute atomic E-state index is 0.0178. The lowest BCUT2D eigenvalue weighted by molar-refractivity contribution is -0.179. The van der Waals surface area contributed by atoms with Gasteiger partial charge in [0.15, 0.2) is 18.9 Å². The van der Waals surface area contributed by atoms with Crippen molar-refractivity contribution in [3.8, 4) is 0 Å². The zero-order valence-electron chi connectivity index (χ0n) is 62.0. The number of aliphatic carboxylic acids is 2. The summed E-state index contributed by atoms with van der Waals surface area (Å²) in [4.78, 5) is 57.0. The topological polar surface area (TPSA) is 282 Å². The van der Waals surface area contributed by atoms with E-state index in [1.165, 1.54) is 38.5 Å². The first-order valence-corrected chi connectivity index (χ1v) is 39.6. The Hall–Kier alpha value is -4.21. The number of hydrogen-bond donors (Lipinski definition) is 7. The van der Waals surface area contributed by atoms with Crippen molar-refractivity contribution in [1.29, 1.82) is 0 Å². The zero-order valence-corrected chi connectivity index (χ0v) is 62.0. The van der Waals surface area contributed by atoms with Gasteiger partial charge in [-0.05, 0) is 139 Å². The summed E-state index contributed by atoms with van der Waals surface area (Å²) in [5.41, 5.74) is 0. The minimum Gasteiger partial charge on any atom is -0.481 e. The number of fused-ring (bicyclic) bond motifs is 2. The maximum absolute atomic E-state index is 12.6. The fourth-order valence-corrected chi connectivity index (χ4v) is 15.7. The number of esters is 1. The van der Waals surface area contributed by atoms with E-state index in [9.17, 15) is 49.5 Å². The van der Waals surface area contributed by atoms with Crippen molar-refractivity contribution in [2.45, 2.75) is 340 Å². The Morgan fingerprint density at radius 2 is 0.980 bits per heavy atom. The molecule has 8 aliphatic rings.